The third-order valence-corrected chi connectivity index (χ3v) is 2.94. The molecule has 1 aromatic heterocycles. The van der Waals surface area contributed by atoms with E-state index in [1.807, 2.05) is 6.07 Å². The van der Waals surface area contributed by atoms with Crippen LogP contribution in [0.15, 0.2) is 12.1 Å². The highest BCUT2D eigenvalue weighted by atomic mass is 35.5. The molecular weight excluding hydrogens is 195 g/mol. The van der Waals surface area contributed by atoms with Crippen molar-refractivity contribution in [1.29, 1.82) is 5.26 Å². The molecule has 0 saturated heterocycles. The fourth-order valence-corrected chi connectivity index (χ4v) is 1.65. The smallest absolute Gasteiger partial charge is 0.333 e. The zero-order valence-electron chi connectivity index (χ0n) is 5.51. The largest absolute Gasteiger partial charge is 0.564 e. The van der Waals surface area contributed by atoms with Crippen LogP contribution in [0, 0.1) is 11.3 Å². The molecule has 0 atom stereocenters. The van der Waals surface area contributed by atoms with Gasteiger partial charge in [-0.15, -0.1) is 0 Å². The molecule has 0 bridgehead atoms. The maximum Gasteiger partial charge on any atom is 0.564 e. The topological polar surface area (TPSA) is 36.7 Å². The predicted octanol–water partition coefficient (Wildman–Crippen LogP) is 1.09. The van der Waals surface area contributed by atoms with Crippen molar-refractivity contribution in [1.82, 2.24) is 4.98 Å². The van der Waals surface area contributed by atoms with E-state index in [1.54, 1.807) is 12.1 Å². The third-order valence-electron chi connectivity index (χ3n) is 1.15. The Morgan fingerprint density at radius 1 is 1.55 bits per heavy atom. The van der Waals surface area contributed by atoms with Gasteiger partial charge in [0.1, 0.15) is 6.07 Å². The average molecular weight is 197 g/mol. The first-order chi connectivity index (χ1) is 5.27. The Morgan fingerprint density at radius 2 is 2.27 bits per heavy atom. The van der Waals surface area contributed by atoms with Crippen molar-refractivity contribution in [2.75, 3.05) is 0 Å². The van der Waals surface area contributed by atoms with E-state index in [-0.39, 0.29) is 5.69 Å². The van der Waals surface area contributed by atoms with E-state index in [4.69, 9.17) is 25.9 Å². The lowest BCUT2D eigenvalue weighted by atomic mass is 10.4. The van der Waals surface area contributed by atoms with E-state index >= 15 is 0 Å². The molecule has 52 valence electrons. The minimum atomic E-state index is -0.804. The summed E-state index contributed by atoms with van der Waals surface area (Å²) in [5.74, 6) is 0. The molecule has 0 N–H and O–H groups in total. The minimum Gasteiger partial charge on any atom is -0.333 e. The van der Waals surface area contributed by atoms with Crippen LogP contribution in [0.1, 0.15) is 5.69 Å². The number of aromatic nitrogens is 1. The Kier molecular flexibility index (Phi) is 3.40. The van der Waals surface area contributed by atoms with Crippen molar-refractivity contribution >= 4 is 43.8 Å². The first-order valence-electron chi connectivity index (χ1n) is 2.89. The SMILES string of the molecule is N#Cc1n[c]([Mg][Cl])ccc1Cl. The summed E-state index contributed by atoms with van der Waals surface area (Å²) >= 11 is 4.84. The molecule has 0 aliphatic rings. The second kappa shape index (κ2) is 4.12. The van der Waals surface area contributed by atoms with Crippen molar-refractivity contribution in [2.24, 2.45) is 0 Å². The molecule has 0 aliphatic heterocycles. The van der Waals surface area contributed by atoms with Gasteiger partial charge in [-0.3, -0.25) is 4.98 Å². The molecule has 0 spiro atoms. The molecule has 0 radical (unpaired) electrons. The Hall–Kier alpha value is -0.0138. The van der Waals surface area contributed by atoms with Gasteiger partial charge in [0, 0.05) is 0 Å². The molecule has 0 saturated carbocycles. The maximum absolute atomic E-state index is 8.51. The molecule has 1 heterocycles. The summed E-state index contributed by atoms with van der Waals surface area (Å²) in [5, 5.41) is 8.90. The number of nitrogens with zero attached hydrogens (tertiary/aromatic N) is 2. The van der Waals surface area contributed by atoms with Crippen LogP contribution in [-0.2, 0) is 0 Å². The predicted molar refractivity (Wildman–Crippen MR) is 45.2 cm³/mol. The molecule has 0 aromatic carbocycles. The molecule has 2 nitrogen and oxygen atoms in total. The average Bonchev–Trinajstić information content (AvgIpc) is 2.05. The van der Waals surface area contributed by atoms with Crippen molar-refractivity contribution < 1.29 is 0 Å². The van der Waals surface area contributed by atoms with Crippen molar-refractivity contribution in [3.63, 3.8) is 0 Å². The standard InChI is InChI=1S/C6H2ClN2.ClH.Mg/c7-5-2-1-3-9-6(5)4-8;;/h1-2H;1H;/q;;+1/p-1. The quantitative estimate of drug-likeness (QED) is 0.632. The molecule has 5 heteroatoms. The lowest BCUT2D eigenvalue weighted by Crippen LogP contribution is -2.14. The molecule has 1 rings (SSSR count). The molecule has 0 fully saturated rings. The van der Waals surface area contributed by atoms with Crippen LogP contribution < -0.4 is 3.82 Å². The van der Waals surface area contributed by atoms with E-state index < -0.39 is 19.3 Å². The molecule has 1 aromatic rings. The molecule has 0 unspecified atom stereocenters. The maximum atomic E-state index is 8.51. The molecule has 11 heavy (non-hydrogen) atoms. The first-order valence-corrected chi connectivity index (χ1v) is 6.11. The van der Waals surface area contributed by atoms with Gasteiger partial charge in [0.05, 0.1) is 5.02 Å². The zero-order valence-corrected chi connectivity index (χ0v) is 8.44. The van der Waals surface area contributed by atoms with E-state index in [0.717, 1.165) is 3.82 Å². The fraction of sp³-hybridized carbons (Fsp3) is 0. The van der Waals surface area contributed by atoms with E-state index in [2.05, 4.69) is 4.98 Å². The van der Waals surface area contributed by atoms with Gasteiger partial charge in [-0.1, -0.05) is 21.5 Å². The van der Waals surface area contributed by atoms with Gasteiger partial charge in [0.2, 0.25) is 0 Å². The Balaban J connectivity index is 3.15. The van der Waals surface area contributed by atoms with Crippen LogP contribution in [0.2, 0.25) is 5.02 Å². The van der Waals surface area contributed by atoms with Gasteiger partial charge in [-0.2, -0.15) is 5.26 Å². The van der Waals surface area contributed by atoms with E-state index in [1.165, 1.54) is 0 Å². The van der Waals surface area contributed by atoms with Gasteiger partial charge < -0.3 is 9.07 Å². The molecular formula is C6H2Cl2MgN2. The second-order valence-corrected chi connectivity index (χ2v) is 4.08. The highest BCUT2D eigenvalue weighted by molar-refractivity contribution is 7.00. The van der Waals surface area contributed by atoms with Gasteiger partial charge in [-0.05, 0) is 6.07 Å². The highest BCUT2D eigenvalue weighted by Gasteiger charge is 2.03. The zero-order chi connectivity index (χ0) is 8.27. The van der Waals surface area contributed by atoms with Crippen LogP contribution in [0.4, 0.5) is 0 Å². The van der Waals surface area contributed by atoms with E-state index in [0.29, 0.717) is 5.02 Å². The number of hydrogen-bond acceptors (Lipinski definition) is 2. The summed E-state index contributed by atoms with van der Waals surface area (Å²) in [6.45, 7) is 0. The fourth-order valence-electron chi connectivity index (χ4n) is 0.635. The van der Waals surface area contributed by atoms with E-state index in [9.17, 15) is 0 Å². The number of pyridine rings is 1. The number of hydrogen-bond donors (Lipinski definition) is 0. The lowest BCUT2D eigenvalue weighted by Gasteiger charge is -1.95. The summed E-state index contributed by atoms with van der Waals surface area (Å²) in [6, 6.07) is 5.29. The van der Waals surface area contributed by atoms with Crippen molar-refractivity contribution in [3.8, 4) is 6.07 Å². The summed E-state index contributed by atoms with van der Waals surface area (Å²) in [6.07, 6.45) is 0. The van der Waals surface area contributed by atoms with Crippen LogP contribution in [0.5, 0.6) is 0 Å². The Labute approximate surface area is 82.6 Å². The van der Waals surface area contributed by atoms with Gasteiger partial charge in [-0.25, -0.2) is 0 Å². The number of rotatable bonds is 1. The van der Waals surface area contributed by atoms with Crippen molar-refractivity contribution in [3.05, 3.63) is 22.8 Å². The first kappa shape index (κ1) is 9.08. The van der Waals surface area contributed by atoms with Crippen LogP contribution in [0.25, 0.3) is 0 Å². The summed E-state index contributed by atoms with van der Waals surface area (Å²) < 4.78 is 0.799. The Bertz CT molecular complexity index is 308. The molecule has 0 amide bonds. The molecule has 0 aliphatic carbocycles. The minimum absolute atomic E-state index is 0.261. The summed E-state index contributed by atoms with van der Waals surface area (Å²) in [5.41, 5.74) is 0.261. The highest BCUT2D eigenvalue weighted by Crippen LogP contribution is 2.09. The normalized spacial score (nSPS) is 8.45. The summed E-state index contributed by atoms with van der Waals surface area (Å²) in [4.78, 5) is 3.95. The lowest BCUT2D eigenvalue weighted by molar-refractivity contribution is 1.31. The second-order valence-electron chi connectivity index (χ2n) is 1.88. The van der Waals surface area contributed by atoms with Crippen LogP contribution in [0.3, 0.4) is 0 Å². The Morgan fingerprint density at radius 3 is 2.82 bits per heavy atom. The number of halogens is 2. The van der Waals surface area contributed by atoms with Crippen LogP contribution in [-0.4, -0.2) is 24.2 Å². The number of nitriles is 1. The summed E-state index contributed by atoms with van der Waals surface area (Å²) in [7, 11) is 5.63. The van der Waals surface area contributed by atoms with Crippen molar-refractivity contribution in [2.45, 2.75) is 0 Å². The van der Waals surface area contributed by atoms with Gasteiger partial charge in [0.15, 0.2) is 5.69 Å². The van der Waals surface area contributed by atoms with Crippen LogP contribution >= 0.6 is 20.7 Å². The third kappa shape index (κ3) is 2.21. The monoisotopic (exact) mass is 196 g/mol. The van der Waals surface area contributed by atoms with Gasteiger partial charge >= 0.3 is 19.3 Å². The van der Waals surface area contributed by atoms with Gasteiger partial charge in [0.25, 0.3) is 0 Å².